The Kier molecular flexibility index (Phi) is 2.83. The molecule has 0 saturated carbocycles. The van der Waals surface area contributed by atoms with Crippen molar-refractivity contribution in [2.24, 2.45) is 0 Å². The first-order chi connectivity index (χ1) is 7.61. The number of Topliss-reactive ketones (excluding diaryl/α,β-unsaturated/α-hetero) is 1. The van der Waals surface area contributed by atoms with Crippen LogP contribution >= 0.6 is 11.6 Å². The molecule has 0 spiro atoms. The van der Waals surface area contributed by atoms with Crippen molar-refractivity contribution >= 4 is 23.5 Å². The van der Waals surface area contributed by atoms with E-state index in [1.807, 2.05) is 0 Å². The molecule has 0 bridgehead atoms. The average Bonchev–Trinajstić information content (AvgIpc) is 2.55. The van der Waals surface area contributed by atoms with Gasteiger partial charge in [0, 0.05) is 17.0 Å². The van der Waals surface area contributed by atoms with E-state index in [1.165, 1.54) is 7.11 Å². The number of fused-ring (bicyclic) bond motifs is 1. The van der Waals surface area contributed by atoms with Gasteiger partial charge in [0.25, 0.3) is 0 Å². The minimum Gasteiger partial charge on any atom is -0.438 e. The van der Waals surface area contributed by atoms with Crippen molar-refractivity contribution in [3.8, 4) is 0 Å². The highest BCUT2D eigenvalue weighted by Gasteiger charge is 2.33. The van der Waals surface area contributed by atoms with Crippen molar-refractivity contribution in [1.29, 1.82) is 0 Å². The Labute approximate surface area is 97.1 Å². The Bertz CT molecular complexity index is 455. The predicted molar refractivity (Wildman–Crippen MR) is 56.8 cm³/mol. The number of hydrogen-bond donors (Lipinski definition) is 0. The Morgan fingerprint density at radius 2 is 2.25 bits per heavy atom. The molecule has 0 fully saturated rings. The zero-order valence-corrected chi connectivity index (χ0v) is 9.28. The lowest BCUT2D eigenvalue weighted by atomic mass is 10.1. The van der Waals surface area contributed by atoms with Crippen LogP contribution in [0.25, 0.3) is 0 Å². The molecule has 16 heavy (non-hydrogen) atoms. The topological polar surface area (TPSA) is 52.6 Å². The molecular weight excluding hydrogens is 232 g/mol. The Balaban J connectivity index is 2.20. The number of ketones is 1. The maximum atomic E-state index is 11.8. The quantitative estimate of drug-likeness (QED) is 0.707. The van der Waals surface area contributed by atoms with Gasteiger partial charge in [0.2, 0.25) is 5.78 Å². The number of carbonyl (C=O) groups excluding carboxylic acids is 2. The molecule has 84 valence electrons. The van der Waals surface area contributed by atoms with Crippen molar-refractivity contribution in [3.63, 3.8) is 0 Å². The first kappa shape index (κ1) is 11.0. The van der Waals surface area contributed by atoms with E-state index in [0.717, 1.165) is 5.56 Å². The molecule has 0 aromatic heterocycles. The minimum atomic E-state index is -0.850. The number of benzene rings is 1. The van der Waals surface area contributed by atoms with Crippen LogP contribution in [-0.4, -0.2) is 25.2 Å². The molecule has 5 heteroatoms. The number of rotatable bonds is 1. The zero-order valence-electron chi connectivity index (χ0n) is 8.53. The summed E-state index contributed by atoms with van der Waals surface area (Å²) in [5.74, 6) is -0.211. The molecule has 1 aromatic carbocycles. The zero-order chi connectivity index (χ0) is 11.7. The van der Waals surface area contributed by atoms with Crippen molar-refractivity contribution in [2.75, 3.05) is 7.11 Å². The molecule has 0 aliphatic heterocycles. The summed E-state index contributed by atoms with van der Waals surface area (Å²) in [6.07, 6.45) is -1.29. The number of carbonyl (C=O) groups is 2. The second kappa shape index (κ2) is 4.14. The van der Waals surface area contributed by atoms with E-state index in [0.29, 0.717) is 17.0 Å². The molecule has 1 aromatic rings. The molecule has 4 nitrogen and oxygen atoms in total. The summed E-state index contributed by atoms with van der Waals surface area (Å²) in [7, 11) is 1.20. The molecule has 0 N–H and O–H groups in total. The van der Waals surface area contributed by atoms with Gasteiger partial charge >= 0.3 is 6.16 Å². The summed E-state index contributed by atoms with van der Waals surface area (Å²) < 4.78 is 9.18. The van der Waals surface area contributed by atoms with Gasteiger partial charge in [-0.05, 0) is 23.8 Å². The van der Waals surface area contributed by atoms with Crippen LogP contribution in [0, 0.1) is 0 Å². The fraction of sp³-hybridized carbons (Fsp3) is 0.273. The average molecular weight is 241 g/mol. The summed E-state index contributed by atoms with van der Waals surface area (Å²) in [5.41, 5.74) is 1.35. The molecule has 2 rings (SSSR count). The van der Waals surface area contributed by atoms with Gasteiger partial charge in [-0.2, -0.15) is 0 Å². The van der Waals surface area contributed by atoms with E-state index in [1.54, 1.807) is 18.2 Å². The molecular formula is C11H9ClO4. The lowest BCUT2D eigenvalue weighted by Crippen LogP contribution is -2.23. The highest BCUT2D eigenvalue weighted by molar-refractivity contribution is 6.30. The van der Waals surface area contributed by atoms with Crippen LogP contribution < -0.4 is 0 Å². The van der Waals surface area contributed by atoms with E-state index >= 15 is 0 Å². The summed E-state index contributed by atoms with van der Waals surface area (Å²) >= 11 is 5.81. The van der Waals surface area contributed by atoms with Crippen molar-refractivity contribution in [1.82, 2.24) is 0 Å². The number of hydrogen-bond acceptors (Lipinski definition) is 4. The summed E-state index contributed by atoms with van der Waals surface area (Å²) in [4.78, 5) is 22.7. The maximum absolute atomic E-state index is 11.8. The first-order valence-corrected chi connectivity index (χ1v) is 5.07. The standard InChI is InChI=1S/C11H9ClO4/c1-15-11(14)16-9-5-6-4-7(12)2-3-8(6)10(9)13/h2-4,9H,5H2,1H3. The van der Waals surface area contributed by atoms with Gasteiger partial charge in [-0.1, -0.05) is 11.6 Å². The van der Waals surface area contributed by atoms with Crippen molar-refractivity contribution < 1.29 is 19.1 Å². The summed E-state index contributed by atoms with van der Waals surface area (Å²) in [6.45, 7) is 0. The number of halogens is 1. The van der Waals surface area contributed by atoms with Crippen LogP contribution in [0.5, 0.6) is 0 Å². The smallest absolute Gasteiger partial charge is 0.438 e. The Hall–Kier alpha value is -1.55. The Morgan fingerprint density at radius 3 is 2.94 bits per heavy atom. The summed E-state index contributed by atoms with van der Waals surface area (Å²) in [6, 6.07) is 4.98. The lowest BCUT2D eigenvalue weighted by molar-refractivity contribution is 0.0359. The van der Waals surface area contributed by atoms with Gasteiger partial charge in [0.1, 0.15) is 0 Å². The Morgan fingerprint density at radius 1 is 1.50 bits per heavy atom. The van der Waals surface area contributed by atoms with Crippen LogP contribution in [0.2, 0.25) is 5.02 Å². The van der Waals surface area contributed by atoms with Crippen LogP contribution in [0.15, 0.2) is 18.2 Å². The van der Waals surface area contributed by atoms with Crippen LogP contribution in [-0.2, 0) is 15.9 Å². The third-order valence-corrected chi connectivity index (χ3v) is 2.67. The van der Waals surface area contributed by atoms with Crippen LogP contribution in [0.3, 0.4) is 0 Å². The molecule has 1 aliphatic carbocycles. The minimum absolute atomic E-state index is 0.211. The fourth-order valence-corrected chi connectivity index (χ4v) is 1.89. The SMILES string of the molecule is COC(=O)OC1Cc2cc(Cl)ccc2C1=O. The van der Waals surface area contributed by atoms with Crippen molar-refractivity contribution in [3.05, 3.63) is 34.3 Å². The van der Waals surface area contributed by atoms with Gasteiger partial charge in [-0.25, -0.2) is 4.79 Å². The highest BCUT2D eigenvalue weighted by atomic mass is 35.5. The third-order valence-electron chi connectivity index (χ3n) is 2.44. The maximum Gasteiger partial charge on any atom is 0.508 e. The number of methoxy groups -OCH3 is 1. The molecule has 0 heterocycles. The van der Waals surface area contributed by atoms with Gasteiger partial charge in [0.15, 0.2) is 6.10 Å². The van der Waals surface area contributed by atoms with Gasteiger partial charge < -0.3 is 9.47 Å². The summed E-state index contributed by atoms with van der Waals surface area (Å²) in [5, 5.41) is 0.560. The molecule has 0 radical (unpaired) electrons. The second-order valence-electron chi connectivity index (χ2n) is 3.43. The van der Waals surface area contributed by atoms with Crippen LogP contribution in [0.4, 0.5) is 4.79 Å². The molecule has 0 amide bonds. The van der Waals surface area contributed by atoms with E-state index in [9.17, 15) is 9.59 Å². The molecule has 1 atom stereocenters. The predicted octanol–water partition coefficient (Wildman–Crippen LogP) is 2.23. The van der Waals surface area contributed by atoms with E-state index in [2.05, 4.69) is 4.74 Å². The molecule has 1 unspecified atom stereocenters. The molecule has 1 aliphatic rings. The van der Waals surface area contributed by atoms with Gasteiger partial charge in [0.05, 0.1) is 7.11 Å². The van der Waals surface area contributed by atoms with Gasteiger partial charge in [-0.3, -0.25) is 4.79 Å². The normalized spacial score (nSPS) is 18.1. The first-order valence-electron chi connectivity index (χ1n) is 4.69. The largest absolute Gasteiger partial charge is 0.508 e. The highest BCUT2D eigenvalue weighted by Crippen LogP contribution is 2.27. The molecule has 0 saturated heterocycles. The van der Waals surface area contributed by atoms with E-state index in [-0.39, 0.29) is 5.78 Å². The fourth-order valence-electron chi connectivity index (χ4n) is 1.70. The monoisotopic (exact) mass is 240 g/mol. The van der Waals surface area contributed by atoms with E-state index < -0.39 is 12.3 Å². The number of ether oxygens (including phenoxy) is 2. The third kappa shape index (κ3) is 1.88. The van der Waals surface area contributed by atoms with Crippen LogP contribution in [0.1, 0.15) is 15.9 Å². The lowest BCUT2D eigenvalue weighted by Gasteiger charge is -2.07. The second-order valence-corrected chi connectivity index (χ2v) is 3.87. The van der Waals surface area contributed by atoms with Gasteiger partial charge in [-0.15, -0.1) is 0 Å². The van der Waals surface area contributed by atoms with Crippen molar-refractivity contribution in [2.45, 2.75) is 12.5 Å². The van der Waals surface area contributed by atoms with E-state index in [4.69, 9.17) is 16.3 Å².